The molecule has 2 aromatic carbocycles. The molecule has 0 spiro atoms. The average Bonchev–Trinajstić information content (AvgIpc) is 3.00. The van der Waals surface area contributed by atoms with Gasteiger partial charge in [0.2, 0.25) is 0 Å². The van der Waals surface area contributed by atoms with Gasteiger partial charge in [0.1, 0.15) is 11.4 Å². The number of nitrogens with zero attached hydrogens (tertiary/aromatic N) is 3. The zero-order valence-electron chi connectivity index (χ0n) is 14.1. The lowest BCUT2D eigenvalue weighted by Crippen LogP contribution is -2.17. The van der Waals surface area contributed by atoms with Crippen molar-refractivity contribution in [2.45, 2.75) is 19.8 Å². The van der Waals surface area contributed by atoms with Gasteiger partial charge in [-0.3, -0.25) is 0 Å². The van der Waals surface area contributed by atoms with E-state index in [9.17, 15) is 23.1 Å². The Morgan fingerprint density at radius 1 is 1.11 bits per heavy atom. The van der Waals surface area contributed by atoms with Crippen LogP contribution in [0.1, 0.15) is 21.6 Å². The maximum atomic E-state index is 12.2. The third-order valence-corrected chi connectivity index (χ3v) is 3.75. The predicted molar refractivity (Wildman–Crippen MR) is 89.4 cm³/mol. The first-order valence-corrected chi connectivity index (χ1v) is 7.81. The highest BCUT2D eigenvalue weighted by Crippen LogP contribution is 2.25. The van der Waals surface area contributed by atoms with E-state index < -0.39 is 12.3 Å². The molecule has 1 N–H and O–H groups in total. The van der Waals surface area contributed by atoms with Crippen molar-refractivity contribution in [1.82, 2.24) is 15.0 Å². The van der Waals surface area contributed by atoms with E-state index in [1.165, 1.54) is 28.9 Å². The molecular formula is C18H14F3N3O3. The first kappa shape index (κ1) is 18.4. The van der Waals surface area contributed by atoms with E-state index in [4.69, 9.17) is 0 Å². The summed E-state index contributed by atoms with van der Waals surface area (Å²) in [5.74, 6) is -1.56. The van der Waals surface area contributed by atoms with Crippen molar-refractivity contribution in [2.75, 3.05) is 0 Å². The SMILES string of the molecule is Cc1ccc(-c2c(C(=O)O)nnn2Cc2ccc(OC(F)(F)F)cc2)cc1. The molecule has 0 saturated heterocycles. The van der Waals surface area contributed by atoms with Crippen molar-refractivity contribution in [3.63, 3.8) is 0 Å². The van der Waals surface area contributed by atoms with Gasteiger partial charge < -0.3 is 9.84 Å². The molecule has 0 saturated carbocycles. The van der Waals surface area contributed by atoms with Crippen molar-refractivity contribution in [3.05, 3.63) is 65.4 Å². The van der Waals surface area contributed by atoms with Crippen LogP contribution in [-0.2, 0) is 6.54 Å². The lowest BCUT2D eigenvalue weighted by Gasteiger charge is -2.10. The highest BCUT2D eigenvalue weighted by Gasteiger charge is 2.31. The Morgan fingerprint density at radius 2 is 1.74 bits per heavy atom. The van der Waals surface area contributed by atoms with Crippen molar-refractivity contribution >= 4 is 5.97 Å². The molecule has 0 bridgehead atoms. The fourth-order valence-corrected chi connectivity index (χ4v) is 2.53. The smallest absolute Gasteiger partial charge is 0.476 e. The molecule has 1 aromatic heterocycles. The van der Waals surface area contributed by atoms with E-state index in [2.05, 4.69) is 15.0 Å². The highest BCUT2D eigenvalue weighted by atomic mass is 19.4. The number of halogens is 3. The average molecular weight is 377 g/mol. The summed E-state index contributed by atoms with van der Waals surface area (Å²) in [6.45, 7) is 2.04. The number of aromatic carboxylic acids is 1. The Hall–Kier alpha value is -3.36. The molecule has 0 aliphatic heterocycles. The van der Waals surface area contributed by atoms with E-state index in [0.29, 0.717) is 16.8 Å². The second-order valence-electron chi connectivity index (χ2n) is 5.81. The van der Waals surface area contributed by atoms with Gasteiger partial charge in [-0.15, -0.1) is 18.3 Å². The van der Waals surface area contributed by atoms with E-state index >= 15 is 0 Å². The lowest BCUT2D eigenvalue weighted by molar-refractivity contribution is -0.274. The molecule has 0 atom stereocenters. The van der Waals surface area contributed by atoms with Crippen LogP contribution < -0.4 is 4.74 Å². The third kappa shape index (κ3) is 4.43. The first-order valence-electron chi connectivity index (χ1n) is 7.81. The van der Waals surface area contributed by atoms with Crippen LogP contribution in [0.25, 0.3) is 11.3 Å². The summed E-state index contributed by atoms with van der Waals surface area (Å²) < 4.78 is 41.9. The number of benzene rings is 2. The minimum absolute atomic E-state index is 0.135. The summed E-state index contributed by atoms with van der Waals surface area (Å²) in [5, 5.41) is 17.0. The third-order valence-electron chi connectivity index (χ3n) is 3.75. The molecule has 0 radical (unpaired) electrons. The van der Waals surface area contributed by atoms with Crippen LogP contribution in [0.5, 0.6) is 5.75 Å². The maximum absolute atomic E-state index is 12.2. The second-order valence-corrected chi connectivity index (χ2v) is 5.81. The maximum Gasteiger partial charge on any atom is 0.573 e. The molecule has 0 fully saturated rings. The quantitative estimate of drug-likeness (QED) is 0.730. The Bertz CT molecular complexity index is 949. The molecule has 27 heavy (non-hydrogen) atoms. The molecule has 0 amide bonds. The largest absolute Gasteiger partial charge is 0.573 e. The fraction of sp³-hybridized carbons (Fsp3) is 0.167. The first-order chi connectivity index (χ1) is 12.7. The molecule has 1 heterocycles. The Labute approximate surface area is 151 Å². The van der Waals surface area contributed by atoms with E-state index in [0.717, 1.165) is 5.56 Å². The highest BCUT2D eigenvalue weighted by molar-refractivity contribution is 5.92. The summed E-state index contributed by atoms with van der Waals surface area (Å²) in [5.41, 5.74) is 2.36. The van der Waals surface area contributed by atoms with E-state index in [1.807, 2.05) is 19.1 Å². The van der Waals surface area contributed by atoms with Crippen molar-refractivity contribution < 1.29 is 27.8 Å². The van der Waals surface area contributed by atoms with Crippen LogP contribution in [-0.4, -0.2) is 32.4 Å². The van der Waals surface area contributed by atoms with Gasteiger partial charge in [-0.05, 0) is 24.6 Å². The zero-order chi connectivity index (χ0) is 19.6. The number of carboxylic acids is 1. The normalized spacial score (nSPS) is 11.4. The summed E-state index contributed by atoms with van der Waals surface area (Å²) in [4.78, 5) is 11.5. The van der Waals surface area contributed by atoms with Crippen LogP contribution in [0.2, 0.25) is 0 Å². The molecule has 0 unspecified atom stereocenters. The Morgan fingerprint density at radius 3 is 2.30 bits per heavy atom. The number of carboxylic acid groups (broad SMARTS) is 1. The number of carbonyl (C=O) groups is 1. The van der Waals surface area contributed by atoms with Crippen molar-refractivity contribution in [1.29, 1.82) is 0 Å². The van der Waals surface area contributed by atoms with E-state index in [-0.39, 0.29) is 18.0 Å². The van der Waals surface area contributed by atoms with Gasteiger partial charge in [-0.2, -0.15) is 0 Å². The summed E-state index contributed by atoms with van der Waals surface area (Å²) in [7, 11) is 0. The van der Waals surface area contributed by atoms with Gasteiger partial charge >= 0.3 is 12.3 Å². The molecule has 0 aliphatic rings. The molecular weight excluding hydrogens is 363 g/mol. The number of alkyl halides is 3. The number of ether oxygens (including phenoxy) is 1. The van der Waals surface area contributed by atoms with Gasteiger partial charge in [0.05, 0.1) is 6.54 Å². The van der Waals surface area contributed by atoms with Gasteiger partial charge in [0.25, 0.3) is 0 Å². The molecule has 0 aliphatic carbocycles. The molecule has 9 heteroatoms. The second kappa shape index (κ2) is 7.10. The summed E-state index contributed by atoms with van der Waals surface area (Å²) in [6, 6.07) is 12.5. The van der Waals surface area contributed by atoms with Crippen LogP contribution >= 0.6 is 0 Å². The van der Waals surface area contributed by atoms with Gasteiger partial charge in [-0.1, -0.05) is 47.2 Å². The Kier molecular flexibility index (Phi) is 4.85. The summed E-state index contributed by atoms with van der Waals surface area (Å²) in [6.07, 6.45) is -4.76. The zero-order valence-corrected chi connectivity index (χ0v) is 14.1. The Balaban J connectivity index is 1.91. The van der Waals surface area contributed by atoms with Gasteiger partial charge in [0, 0.05) is 5.56 Å². The summed E-state index contributed by atoms with van der Waals surface area (Å²) >= 11 is 0. The standard InChI is InChI=1S/C18H14F3N3O3/c1-11-2-6-13(7-3-11)16-15(17(25)26)22-23-24(16)10-12-4-8-14(9-5-12)27-18(19,20)21/h2-9H,10H2,1H3,(H,25,26). The molecule has 6 nitrogen and oxygen atoms in total. The van der Waals surface area contributed by atoms with Crippen LogP contribution in [0, 0.1) is 6.92 Å². The van der Waals surface area contributed by atoms with Gasteiger partial charge in [-0.25, -0.2) is 9.48 Å². The molecule has 3 aromatic rings. The van der Waals surface area contributed by atoms with Crippen LogP contribution in [0.3, 0.4) is 0 Å². The fourth-order valence-electron chi connectivity index (χ4n) is 2.53. The minimum atomic E-state index is -4.76. The topological polar surface area (TPSA) is 77.2 Å². The minimum Gasteiger partial charge on any atom is -0.476 e. The number of rotatable bonds is 5. The predicted octanol–water partition coefficient (Wildman–Crippen LogP) is 3.90. The van der Waals surface area contributed by atoms with Crippen LogP contribution in [0.15, 0.2) is 48.5 Å². The number of hydrogen-bond acceptors (Lipinski definition) is 4. The monoisotopic (exact) mass is 377 g/mol. The number of aryl methyl sites for hydroxylation is 1. The number of hydrogen-bond donors (Lipinski definition) is 1. The molecule has 140 valence electrons. The van der Waals surface area contributed by atoms with Crippen molar-refractivity contribution in [3.8, 4) is 17.0 Å². The number of aromatic nitrogens is 3. The lowest BCUT2D eigenvalue weighted by atomic mass is 10.1. The van der Waals surface area contributed by atoms with Crippen LogP contribution in [0.4, 0.5) is 13.2 Å². The van der Waals surface area contributed by atoms with Crippen molar-refractivity contribution in [2.24, 2.45) is 0 Å². The van der Waals surface area contributed by atoms with E-state index in [1.54, 1.807) is 12.1 Å². The molecule has 3 rings (SSSR count). The van der Waals surface area contributed by atoms with Gasteiger partial charge in [0.15, 0.2) is 5.69 Å².